The van der Waals surface area contributed by atoms with Gasteiger partial charge < -0.3 is 10.4 Å². The number of halogens is 2. The second-order valence-electron chi connectivity index (χ2n) is 6.62. The molecule has 2 rings (SSSR count). The highest BCUT2D eigenvalue weighted by Gasteiger charge is 2.24. The first kappa shape index (κ1) is 20.8. The van der Waals surface area contributed by atoms with Crippen molar-refractivity contribution >= 4 is 21.6 Å². The third-order valence-corrected chi connectivity index (χ3v) is 5.06. The Balaban J connectivity index is 2.11. The third kappa shape index (κ3) is 5.48. The number of hydrogen-bond acceptors (Lipinski definition) is 4. The molecular formula is C18H20F2N2O4S. The first-order chi connectivity index (χ1) is 12.5. The summed E-state index contributed by atoms with van der Waals surface area (Å²) in [5.41, 5.74) is -0.0602. The van der Waals surface area contributed by atoms with Crippen LogP contribution < -0.4 is 10.0 Å². The SMILES string of the molecule is CC(C)(CO)NC(=O)Cc1ccc(NS(=O)(=O)c2c(F)cccc2F)cc1. The van der Waals surface area contributed by atoms with Crippen molar-refractivity contribution in [2.75, 3.05) is 11.3 Å². The standard InChI is InChI=1S/C18H20F2N2O4S/c1-18(2,11-23)21-16(24)10-12-6-8-13(9-7-12)22-27(25,26)17-14(19)4-3-5-15(17)20/h3-9,22-23H,10-11H2,1-2H3,(H,21,24). The predicted molar refractivity (Wildman–Crippen MR) is 96.6 cm³/mol. The van der Waals surface area contributed by atoms with Crippen molar-refractivity contribution < 1.29 is 27.1 Å². The maximum absolute atomic E-state index is 13.7. The number of aliphatic hydroxyl groups is 1. The minimum atomic E-state index is -4.45. The highest BCUT2D eigenvalue weighted by Crippen LogP contribution is 2.22. The fourth-order valence-electron chi connectivity index (χ4n) is 2.28. The van der Waals surface area contributed by atoms with Gasteiger partial charge in [0, 0.05) is 5.69 Å². The molecule has 0 fully saturated rings. The normalized spacial score (nSPS) is 11.9. The maximum atomic E-state index is 13.7. The molecule has 146 valence electrons. The Hall–Kier alpha value is -2.52. The quantitative estimate of drug-likeness (QED) is 0.666. The Morgan fingerprint density at radius 2 is 1.63 bits per heavy atom. The molecule has 2 aromatic rings. The van der Waals surface area contributed by atoms with Gasteiger partial charge in [-0.2, -0.15) is 0 Å². The van der Waals surface area contributed by atoms with Gasteiger partial charge in [0.25, 0.3) is 10.0 Å². The zero-order chi connectivity index (χ0) is 20.2. The lowest BCUT2D eigenvalue weighted by atomic mass is 10.1. The fraction of sp³-hybridized carbons (Fsp3) is 0.278. The summed E-state index contributed by atoms with van der Waals surface area (Å²) in [5, 5.41) is 11.8. The second kappa shape index (κ2) is 8.01. The van der Waals surface area contributed by atoms with E-state index in [1.165, 1.54) is 24.3 Å². The molecular weight excluding hydrogens is 378 g/mol. The number of hydrogen-bond donors (Lipinski definition) is 3. The summed E-state index contributed by atoms with van der Waals surface area (Å²) in [5.74, 6) is -2.69. The average Bonchev–Trinajstić information content (AvgIpc) is 2.55. The summed E-state index contributed by atoms with van der Waals surface area (Å²) < 4.78 is 53.9. The Morgan fingerprint density at radius 3 is 2.15 bits per heavy atom. The van der Waals surface area contributed by atoms with Crippen LogP contribution in [-0.4, -0.2) is 31.6 Å². The van der Waals surface area contributed by atoms with Gasteiger partial charge in [0.2, 0.25) is 5.91 Å². The van der Waals surface area contributed by atoms with Crippen LogP contribution in [0.5, 0.6) is 0 Å². The molecule has 0 saturated carbocycles. The third-order valence-electron chi connectivity index (χ3n) is 3.63. The van der Waals surface area contributed by atoms with E-state index in [4.69, 9.17) is 5.11 Å². The van der Waals surface area contributed by atoms with Crippen molar-refractivity contribution in [1.82, 2.24) is 5.32 Å². The molecule has 0 spiro atoms. The van der Waals surface area contributed by atoms with Crippen LogP contribution in [0.2, 0.25) is 0 Å². The van der Waals surface area contributed by atoms with Crippen molar-refractivity contribution in [2.45, 2.75) is 30.7 Å². The van der Waals surface area contributed by atoms with Crippen molar-refractivity contribution in [3.8, 4) is 0 Å². The van der Waals surface area contributed by atoms with E-state index in [1.807, 2.05) is 0 Å². The largest absolute Gasteiger partial charge is 0.394 e. The van der Waals surface area contributed by atoms with E-state index < -0.39 is 32.1 Å². The van der Waals surface area contributed by atoms with Crippen LogP contribution in [0.15, 0.2) is 47.4 Å². The number of anilines is 1. The van der Waals surface area contributed by atoms with Crippen molar-refractivity contribution in [3.05, 3.63) is 59.7 Å². The highest BCUT2D eigenvalue weighted by molar-refractivity contribution is 7.92. The molecule has 0 saturated heterocycles. The molecule has 0 aromatic heterocycles. The maximum Gasteiger partial charge on any atom is 0.267 e. The van der Waals surface area contributed by atoms with Gasteiger partial charge in [-0.05, 0) is 43.7 Å². The highest BCUT2D eigenvalue weighted by atomic mass is 32.2. The first-order valence-electron chi connectivity index (χ1n) is 8.02. The van der Waals surface area contributed by atoms with Gasteiger partial charge in [-0.1, -0.05) is 18.2 Å². The number of nitrogens with one attached hydrogen (secondary N) is 2. The van der Waals surface area contributed by atoms with Gasteiger partial charge in [-0.15, -0.1) is 0 Å². The summed E-state index contributed by atoms with van der Waals surface area (Å²) >= 11 is 0. The lowest BCUT2D eigenvalue weighted by Gasteiger charge is -2.23. The van der Waals surface area contributed by atoms with Gasteiger partial charge in [-0.3, -0.25) is 9.52 Å². The Labute approximate surface area is 156 Å². The summed E-state index contributed by atoms with van der Waals surface area (Å²) in [6, 6.07) is 8.58. The fourth-order valence-corrected chi connectivity index (χ4v) is 3.48. The van der Waals surface area contributed by atoms with E-state index >= 15 is 0 Å². The number of sulfonamides is 1. The lowest BCUT2D eigenvalue weighted by molar-refractivity contribution is -0.122. The summed E-state index contributed by atoms with van der Waals surface area (Å²) in [4.78, 5) is 10.9. The van der Waals surface area contributed by atoms with E-state index in [9.17, 15) is 22.0 Å². The smallest absolute Gasteiger partial charge is 0.267 e. The zero-order valence-electron chi connectivity index (χ0n) is 14.8. The van der Waals surface area contributed by atoms with E-state index in [-0.39, 0.29) is 24.6 Å². The summed E-state index contributed by atoms with van der Waals surface area (Å²) in [6.07, 6.45) is 0.0262. The van der Waals surface area contributed by atoms with Crippen LogP contribution in [0.1, 0.15) is 19.4 Å². The van der Waals surface area contributed by atoms with Gasteiger partial charge in [0.1, 0.15) is 11.6 Å². The summed E-state index contributed by atoms with van der Waals surface area (Å²) in [6.45, 7) is 3.13. The Morgan fingerprint density at radius 1 is 1.07 bits per heavy atom. The topological polar surface area (TPSA) is 95.5 Å². The molecule has 0 unspecified atom stereocenters. The number of aliphatic hydroxyl groups excluding tert-OH is 1. The number of amides is 1. The molecule has 27 heavy (non-hydrogen) atoms. The van der Waals surface area contributed by atoms with Gasteiger partial charge >= 0.3 is 0 Å². The van der Waals surface area contributed by atoms with E-state index in [0.717, 1.165) is 18.2 Å². The molecule has 9 heteroatoms. The minimum Gasteiger partial charge on any atom is -0.394 e. The molecule has 0 aliphatic carbocycles. The van der Waals surface area contributed by atoms with Gasteiger partial charge in [0.05, 0.1) is 18.6 Å². The van der Waals surface area contributed by atoms with Crippen LogP contribution in [0.3, 0.4) is 0 Å². The molecule has 2 aromatic carbocycles. The molecule has 0 aliphatic heterocycles. The molecule has 0 bridgehead atoms. The average molecular weight is 398 g/mol. The minimum absolute atomic E-state index is 0.0262. The number of carbonyl (C=O) groups is 1. The van der Waals surface area contributed by atoms with Crippen molar-refractivity contribution in [2.24, 2.45) is 0 Å². The van der Waals surface area contributed by atoms with Crippen molar-refractivity contribution in [1.29, 1.82) is 0 Å². The first-order valence-corrected chi connectivity index (χ1v) is 9.50. The van der Waals surface area contributed by atoms with Crippen LogP contribution in [0.25, 0.3) is 0 Å². The molecule has 6 nitrogen and oxygen atoms in total. The lowest BCUT2D eigenvalue weighted by Crippen LogP contribution is -2.46. The number of carbonyl (C=O) groups excluding carboxylic acids is 1. The second-order valence-corrected chi connectivity index (χ2v) is 8.24. The van der Waals surface area contributed by atoms with Gasteiger partial charge in [0.15, 0.2) is 4.90 Å². The van der Waals surface area contributed by atoms with Crippen LogP contribution in [0, 0.1) is 11.6 Å². The predicted octanol–water partition coefficient (Wildman–Crippen LogP) is 2.20. The molecule has 1 amide bonds. The van der Waals surface area contributed by atoms with E-state index in [2.05, 4.69) is 10.0 Å². The molecule has 3 N–H and O–H groups in total. The van der Waals surface area contributed by atoms with Crippen molar-refractivity contribution in [3.63, 3.8) is 0 Å². The van der Waals surface area contributed by atoms with Crippen LogP contribution in [0.4, 0.5) is 14.5 Å². The van der Waals surface area contributed by atoms with Crippen LogP contribution in [-0.2, 0) is 21.2 Å². The zero-order valence-corrected chi connectivity index (χ0v) is 15.6. The Kier molecular flexibility index (Phi) is 6.17. The molecule has 0 heterocycles. The monoisotopic (exact) mass is 398 g/mol. The van der Waals surface area contributed by atoms with E-state index in [0.29, 0.717) is 5.56 Å². The number of rotatable bonds is 7. The van der Waals surface area contributed by atoms with Crippen LogP contribution >= 0.6 is 0 Å². The molecule has 0 atom stereocenters. The molecule has 0 aliphatic rings. The molecule has 0 radical (unpaired) electrons. The van der Waals surface area contributed by atoms with E-state index in [1.54, 1.807) is 13.8 Å². The summed E-state index contributed by atoms with van der Waals surface area (Å²) in [7, 11) is -4.45. The number of benzene rings is 2. The van der Waals surface area contributed by atoms with Gasteiger partial charge in [-0.25, -0.2) is 17.2 Å². The Bertz CT molecular complexity index is 909.